The molecule has 0 spiro atoms. The Balaban J connectivity index is 1.51. The van der Waals surface area contributed by atoms with Crippen LogP contribution in [-0.2, 0) is 6.54 Å². The Labute approximate surface area is 184 Å². The monoisotopic (exact) mass is 419 g/mol. The minimum atomic E-state index is 0.0192. The Morgan fingerprint density at radius 1 is 1.06 bits per heavy atom. The van der Waals surface area contributed by atoms with Crippen molar-refractivity contribution >= 4 is 16.7 Å². The second-order valence-electron chi connectivity index (χ2n) is 8.29. The molecule has 1 aromatic carbocycles. The largest absolute Gasteiger partial charge is 0.363 e. The quantitative estimate of drug-likeness (QED) is 0.607. The molecule has 2 aromatic heterocycles. The van der Waals surface area contributed by atoms with Gasteiger partial charge in [-0.15, -0.1) is 0 Å². The van der Waals surface area contributed by atoms with E-state index in [1.807, 2.05) is 25.3 Å². The highest BCUT2D eigenvalue weighted by molar-refractivity contribution is 5.80. The fourth-order valence-corrected chi connectivity index (χ4v) is 4.60. The summed E-state index contributed by atoms with van der Waals surface area (Å²) in [7, 11) is 0. The molecule has 2 atom stereocenters. The number of pyridine rings is 2. The summed E-state index contributed by atoms with van der Waals surface area (Å²) in [6, 6.07) is 15.0. The minimum absolute atomic E-state index is 0.0192. The van der Waals surface area contributed by atoms with Crippen LogP contribution in [0.25, 0.3) is 10.9 Å². The number of nitrogens with one attached hydrogen (secondary N) is 2. The zero-order valence-corrected chi connectivity index (χ0v) is 18.8. The predicted octanol–water partition coefficient (Wildman–Crippen LogP) is 3.95. The summed E-state index contributed by atoms with van der Waals surface area (Å²) in [5, 5.41) is 7.92. The van der Waals surface area contributed by atoms with Gasteiger partial charge in [-0.05, 0) is 37.5 Å². The van der Waals surface area contributed by atoms with Crippen LogP contribution >= 0.6 is 0 Å². The number of piperazine rings is 1. The summed E-state index contributed by atoms with van der Waals surface area (Å²) in [5.41, 5.74) is 3.54. The number of aromatic nitrogens is 2. The average Bonchev–Trinajstić information content (AvgIpc) is 2.80. The van der Waals surface area contributed by atoms with Gasteiger partial charge in [0, 0.05) is 68.5 Å². The van der Waals surface area contributed by atoms with Gasteiger partial charge in [0.25, 0.3) is 5.56 Å². The van der Waals surface area contributed by atoms with Crippen molar-refractivity contribution in [1.29, 1.82) is 0 Å². The van der Waals surface area contributed by atoms with Gasteiger partial charge in [-0.2, -0.15) is 0 Å². The van der Waals surface area contributed by atoms with Crippen molar-refractivity contribution < 1.29 is 0 Å². The van der Waals surface area contributed by atoms with Gasteiger partial charge in [0.1, 0.15) is 5.82 Å². The molecule has 0 saturated carbocycles. The molecule has 31 heavy (non-hydrogen) atoms. The van der Waals surface area contributed by atoms with Crippen LogP contribution in [0.4, 0.5) is 5.82 Å². The van der Waals surface area contributed by atoms with Crippen molar-refractivity contribution in [3.8, 4) is 0 Å². The van der Waals surface area contributed by atoms with Crippen molar-refractivity contribution in [1.82, 2.24) is 19.8 Å². The van der Waals surface area contributed by atoms with E-state index in [9.17, 15) is 4.79 Å². The topological polar surface area (TPSA) is 62.2 Å². The number of hydrogen-bond donors (Lipinski definition) is 2. The Bertz CT molecular complexity index is 1070. The molecule has 0 amide bonds. The molecule has 1 saturated heterocycles. The number of anilines is 1. The maximum atomic E-state index is 12.2. The molecular formula is C25H33N5O. The molecule has 0 bridgehead atoms. The molecular weight excluding hydrogens is 386 g/mol. The lowest BCUT2D eigenvalue weighted by molar-refractivity contribution is 0.169. The minimum Gasteiger partial charge on any atom is -0.363 e. The lowest BCUT2D eigenvalue weighted by atomic mass is 9.98. The third-order valence-corrected chi connectivity index (χ3v) is 6.36. The number of nitrogens with zero attached hydrogens (tertiary/aromatic N) is 3. The van der Waals surface area contributed by atoms with E-state index in [2.05, 4.69) is 58.6 Å². The summed E-state index contributed by atoms with van der Waals surface area (Å²) in [6.07, 6.45) is 2.95. The number of hydrogen-bond acceptors (Lipinski definition) is 5. The Morgan fingerprint density at radius 3 is 2.45 bits per heavy atom. The van der Waals surface area contributed by atoms with Gasteiger partial charge in [-0.1, -0.05) is 31.2 Å². The molecule has 6 nitrogen and oxygen atoms in total. The zero-order chi connectivity index (χ0) is 21.8. The summed E-state index contributed by atoms with van der Waals surface area (Å²) in [6.45, 7) is 11.4. The SMILES string of the molecule is CC[C@@H](c1ccc([C@H](C)Nc2cc3c(ccc(=O)n3CC)cn2)cc1)N1CCNCC1. The van der Waals surface area contributed by atoms with Gasteiger partial charge in [0.2, 0.25) is 0 Å². The number of aryl methyl sites for hydroxylation is 1. The molecule has 164 valence electrons. The highest BCUT2D eigenvalue weighted by atomic mass is 16.1. The van der Waals surface area contributed by atoms with Crippen LogP contribution in [-0.4, -0.2) is 40.6 Å². The molecule has 0 aliphatic carbocycles. The lowest BCUT2D eigenvalue weighted by Gasteiger charge is -2.34. The van der Waals surface area contributed by atoms with Crippen LogP contribution < -0.4 is 16.2 Å². The van der Waals surface area contributed by atoms with Crippen LogP contribution in [0.5, 0.6) is 0 Å². The van der Waals surface area contributed by atoms with E-state index in [1.165, 1.54) is 11.1 Å². The fourth-order valence-electron chi connectivity index (χ4n) is 4.60. The number of benzene rings is 1. The Morgan fingerprint density at radius 2 is 1.77 bits per heavy atom. The maximum absolute atomic E-state index is 12.2. The maximum Gasteiger partial charge on any atom is 0.251 e. The zero-order valence-electron chi connectivity index (χ0n) is 18.8. The summed E-state index contributed by atoms with van der Waals surface area (Å²) < 4.78 is 1.78. The second-order valence-corrected chi connectivity index (χ2v) is 8.29. The Kier molecular flexibility index (Phi) is 6.68. The summed E-state index contributed by atoms with van der Waals surface area (Å²) in [4.78, 5) is 19.3. The first-order chi connectivity index (χ1) is 15.1. The van der Waals surface area contributed by atoms with Crippen LogP contribution in [0.2, 0.25) is 0 Å². The molecule has 4 rings (SSSR count). The fraction of sp³-hybridized carbons (Fsp3) is 0.440. The summed E-state index contributed by atoms with van der Waals surface area (Å²) >= 11 is 0. The standard InChI is InChI=1S/C25H33N5O/c1-4-22(29-14-12-26-13-15-29)20-8-6-19(7-9-20)18(3)28-24-16-23-21(17-27-24)10-11-25(31)30(23)5-2/h6-11,16-18,22,26H,4-5,12-15H2,1-3H3,(H,27,28)/t18-,22-/m0/s1. The van der Waals surface area contributed by atoms with Crippen molar-refractivity contribution in [2.45, 2.75) is 45.8 Å². The predicted molar refractivity (Wildman–Crippen MR) is 128 cm³/mol. The van der Waals surface area contributed by atoms with Gasteiger partial charge in [0.15, 0.2) is 0 Å². The van der Waals surface area contributed by atoms with Gasteiger partial charge < -0.3 is 15.2 Å². The number of rotatable bonds is 7. The first-order valence-corrected chi connectivity index (χ1v) is 11.4. The normalized spacial score (nSPS) is 16.9. The third-order valence-electron chi connectivity index (χ3n) is 6.36. The van der Waals surface area contributed by atoms with E-state index in [0.29, 0.717) is 12.6 Å². The van der Waals surface area contributed by atoms with E-state index in [4.69, 9.17) is 0 Å². The van der Waals surface area contributed by atoms with Gasteiger partial charge in [-0.25, -0.2) is 4.98 Å². The van der Waals surface area contributed by atoms with E-state index >= 15 is 0 Å². The highest BCUT2D eigenvalue weighted by Gasteiger charge is 2.20. The van der Waals surface area contributed by atoms with Crippen molar-refractivity contribution in [2.24, 2.45) is 0 Å². The molecule has 3 heterocycles. The van der Waals surface area contributed by atoms with E-state index < -0.39 is 0 Å². The summed E-state index contributed by atoms with van der Waals surface area (Å²) in [5.74, 6) is 0.782. The van der Waals surface area contributed by atoms with E-state index in [1.54, 1.807) is 10.6 Å². The second kappa shape index (κ2) is 9.62. The first-order valence-electron chi connectivity index (χ1n) is 11.4. The highest BCUT2D eigenvalue weighted by Crippen LogP contribution is 2.27. The molecule has 1 aliphatic heterocycles. The van der Waals surface area contributed by atoms with Gasteiger partial charge >= 0.3 is 0 Å². The molecule has 2 N–H and O–H groups in total. The average molecular weight is 420 g/mol. The van der Waals surface area contributed by atoms with Gasteiger partial charge in [0.05, 0.1) is 5.52 Å². The van der Waals surface area contributed by atoms with Crippen LogP contribution in [0, 0.1) is 0 Å². The van der Waals surface area contributed by atoms with Crippen LogP contribution in [0.3, 0.4) is 0 Å². The smallest absolute Gasteiger partial charge is 0.251 e. The molecule has 1 fully saturated rings. The van der Waals surface area contributed by atoms with Crippen molar-refractivity contribution in [3.05, 3.63) is 70.1 Å². The van der Waals surface area contributed by atoms with Gasteiger partial charge in [-0.3, -0.25) is 9.69 Å². The van der Waals surface area contributed by atoms with Crippen molar-refractivity contribution in [3.63, 3.8) is 0 Å². The molecule has 1 aliphatic rings. The molecule has 3 aromatic rings. The lowest BCUT2D eigenvalue weighted by Crippen LogP contribution is -2.45. The van der Waals surface area contributed by atoms with E-state index in [0.717, 1.165) is 49.3 Å². The molecule has 6 heteroatoms. The third kappa shape index (κ3) is 4.65. The Hall–Kier alpha value is -2.70. The number of fused-ring (bicyclic) bond motifs is 1. The molecule has 0 radical (unpaired) electrons. The van der Waals surface area contributed by atoms with Crippen LogP contribution in [0.15, 0.2) is 53.5 Å². The van der Waals surface area contributed by atoms with Crippen LogP contribution in [0.1, 0.15) is 50.4 Å². The molecule has 0 unspecified atom stereocenters. The van der Waals surface area contributed by atoms with E-state index in [-0.39, 0.29) is 11.6 Å². The first kappa shape index (κ1) is 21.5. The van der Waals surface area contributed by atoms with Crippen molar-refractivity contribution in [2.75, 3.05) is 31.5 Å².